The molecule has 0 saturated carbocycles. The maximum absolute atomic E-state index is 12.7. The van der Waals surface area contributed by atoms with Crippen molar-refractivity contribution in [1.82, 2.24) is 15.0 Å². The van der Waals surface area contributed by atoms with Gasteiger partial charge in [0.15, 0.2) is 0 Å². The molecule has 0 aliphatic heterocycles. The lowest BCUT2D eigenvalue weighted by atomic mass is 10.1. The third-order valence-corrected chi connectivity index (χ3v) is 4.24. The fourth-order valence-electron chi connectivity index (χ4n) is 2.71. The summed E-state index contributed by atoms with van der Waals surface area (Å²) in [5.74, 6) is -1.72. The van der Waals surface area contributed by atoms with Gasteiger partial charge in [-0.25, -0.2) is 0 Å². The first-order valence-corrected chi connectivity index (χ1v) is 8.73. The van der Waals surface area contributed by atoms with Crippen LogP contribution in [0.2, 0.25) is 0 Å². The van der Waals surface area contributed by atoms with E-state index >= 15 is 0 Å². The average Bonchev–Trinajstić information content (AvgIpc) is 3.20. The summed E-state index contributed by atoms with van der Waals surface area (Å²) in [4.78, 5) is 17.8. The van der Waals surface area contributed by atoms with Crippen LogP contribution in [0.25, 0.3) is 11.4 Å². The maximum Gasteiger partial charge on any atom is 0.471 e. The summed E-state index contributed by atoms with van der Waals surface area (Å²) in [7, 11) is 0. The molecule has 0 atom stereocenters. The summed E-state index contributed by atoms with van der Waals surface area (Å²) in [6.45, 7) is 3.02. The second-order valence-electron chi connectivity index (χ2n) is 6.12. The molecule has 0 aliphatic rings. The molecule has 0 unspecified atom stereocenters. The van der Waals surface area contributed by atoms with Crippen molar-refractivity contribution in [2.75, 3.05) is 13.1 Å². The van der Waals surface area contributed by atoms with Gasteiger partial charge in [0, 0.05) is 24.2 Å². The number of nitrogens with zero attached hydrogens (tertiary/aromatic N) is 3. The minimum Gasteiger partial charge on any atom is -0.339 e. The van der Waals surface area contributed by atoms with Gasteiger partial charge >= 0.3 is 12.1 Å². The quantitative estimate of drug-likeness (QED) is 0.625. The Morgan fingerprint density at radius 3 is 2.32 bits per heavy atom. The largest absolute Gasteiger partial charge is 0.471 e. The molecular formula is C20H18F3N3O2. The van der Waals surface area contributed by atoms with Crippen molar-refractivity contribution in [3.8, 4) is 11.4 Å². The van der Waals surface area contributed by atoms with Crippen LogP contribution in [0.5, 0.6) is 0 Å². The zero-order valence-electron chi connectivity index (χ0n) is 15.1. The van der Waals surface area contributed by atoms with Crippen molar-refractivity contribution in [2.45, 2.75) is 19.5 Å². The minimum atomic E-state index is -4.69. The zero-order chi connectivity index (χ0) is 20.1. The van der Waals surface area contributed by atoms with Crippen LogP contribution in [0.1, 0.15) is 28.7 Å². The highest BCUT2D eigenvalue weighted by Crippen LogP contribution is 2.29. The Hall–Kier alpha value is -3.16. The molecule has 8 heteroatoms. The van der Waals surface area contributed by atoms with Crippen molar-refractivity contribution >= 4 is 5.91 Å². The van der Waals surface area contributed by atoms with E-state index in [-0.39, 0.29) is 11.7 Å². The molecule has 1 aromatic heterocycles. The van der Waals surface area contributed by atoms with E-state index in [1.165, 1.54) is 12.1 Å². The number of amides is 1. The summed E-state index contributed by atoms with van der Waals surface area (Å²) in [5.41, 5.74) is 1.92. The molecule has 0 bridgehead atoms. The van der Waals surface area contributed by atoms with Gasteiger partial charge in [0.05, 0.1) is 0 Å². The SMILES string of the molecule is CCN(CCc1ccccc1)C(=O)c1ccc(-c2noc(C(F)(F)F)n2)cc1. The normalized spacial score (nSPS) is 11.4. The van der Waals surface area contributed by atoms with Gasteiger partial charge in [-0.05, 0) is 31.0 Å². The molecular weight excluding hydrogens is 371 g/mol. The average molecular weight is 389 g/mol. The van der Waals surface area contributed by atoms with Crippen LogP contribution in [0.4, 0.5) is 13.2 Å². The second-order valence-corrected chi connectivity index (χ2v) is 6.12. The Balaban J connectivity index is 1.69. The van der Waals surface area contributed by atoms with Gasteiger partial charge < -0.3 is 9.42 Å². The summed E-state index contributed by atoms with van der Waals surface area (Å²) < 4.78 is 41.9. The predicted octanol–water partition coefficient (Wildman–Crippen LogP) is 4.46. The number of aromatic nitrogens is 2. The lowest BCUT2D eigenvalue weighted by Gasteiger charge is -2.21. The Labute approximate surface area is 159 Å². The van der Waals surface area contributed by atoms with Crippen molar-refractivity contribution in [2.24, 2.45) is 0 Å². The molecule has 2 aromatic carbocycles. The third-order valence-electron chi connectivity index (χ3n) is 4.24. The maximum atomic E-state index is 12.7. The minimum absolute atomic E-state index is 0.144. The molecule has 0 aliphatic carbocycles. The molecule has 1 heterocycles. The first-order chi connectivity index (χ1) is 13.4. The van der Waals surface area contributed by atoms with Gasteiger partial charge in [0.2, 0.25) is 5.82 Å². The number of carbonyl (C=O) groups is 1. The Morgan fingerprint density at radius 2 is 1.75 bits per heavy atom. The van der Waals surface area contributed by atoms with E-state index in [4.69, 9.17) is 0 Å². The molecule has 0 fully saturated rings. The van der Waals surface area contributed by atoms with E-state index in [1.54, 1.807) is 17.0 Å². The van der Waals surface area contributed by atoms with Crippen LogP contribution in [-0.2, 0) is 12.6 Å². The van der Waals surface area contributed by atoms with E-state index in [9.17, 15) is 18.0 Å². The molecule has 0 spiro atoms. The van der Waals surface area contributed by atoms with Crippen LogP contribution in [0, 0.1) is 0 Å². The van der Waals surface area contributed by atoms with Crippen molar-refractivity contribution in [3.63, 3.8) is 0 Å². The van der Waals surface area contributed by atoms with E-state index in [0.29, 0.717) is 24.2 Å². The summed E-state index contributed by atoms with van der Waals surface area (Å²) >= 11 is 0. The van der Waals surface area contributed by atoms with Gasteiger partial charge in [-0.3, -0.25) is 4.79 Å². The van der Waals surface area contributed by atoms with Crippen LogP contribution in [-0.4, -0.2) is 34.0 Å². The molecule has 3 rings (SSSR count). The van der Waals surface area contributed by atoms with Gasteiger partial charge in [0.1, 0.15) is 0 Å². The Morgan fingerprint density at radius 1 is 1.07 bits per heavy atom. The molecule has 0 saturated heterocycles. The fourth-order valence-corrected chi connectivity index (χ4v) is 2.71. The topological polar surface area (TPSA) is 59.2 Å². The van der Waals surface area contributed by atoms with Gasteiger partial charge in [0.25, 0.3) is 5.91 Å². The standard InChI is InChI=1S/C20H18F3N3O2/c1-2-26(13-12-14-6-4-3-5-7-14)18(27)16-10-8-15(9-11-16)17-24-19(28-25-17)20(21,22)23/h3-11H,2,12-13H2,1H3. The zero-order valence-corrected chi connectivity index (χ0v) is 15.1. The van der Waals surface area contributed by atoms with Crippen molar-refractivity contribution < 1.29 is 22.5 Å². The number of carbonyl (C=O) groups excluding carboxylic acids is 1. The highest BCUT2D eigenvalue weighted by molar-refractivity contribution is 5.94. The summed E-state index contributed by atoms with van der Waals surface area (Å²) in [6.07, 6.45) is -3.96. The number of likely N-dealkylation sites (N-methyl/N-ethyl adjacent to an activating group) is 1. The van der Waals surface area contributed by atoms with Crippen molar-refractivity contribution in [1.29, 1.82) is 0 Å². The van der Waals surface area contributed by atoms with Gasteiger partial charge in [-0.2, -0.15) is 18.2 Å². The number of alkyl halides is 3. The molecule has 1 amide bonds. The molecule has 0 radical (unpaired) electrons. The van der Waals surface area contributed by atoms with Crippen LogP contribution in [0.3, 0.4) is 0 Å². The predicted molar refractivity (Wildman–Crippen MR) is 96.5 cm³/mol. The van der Waals surface area contributed by atoms with Crippen LogP contribution >= 0.6 is 0 Å². The highest BCUT2D eigenvalue weighted by Gasteiger charge is 2.38. The number of hydrogen-bond acceptors (Lipinski definition) is 4. The lowest BCUT2D eigenvalue weighted by Crippen LogP contribution is -2.32. The van der Waals surface area contributed by atoms with E-state index < -0.39 is 12.1 Å². The Kier molecular flexibility index (Phi) is 5.77. The molecule has 3 aromatic rings. The van der Waals surface area contributed by atoms with Crippen LogP contribution in [0.15, 0.2) is 59.1 Å². The number of halogens is 3. The second kappa shape index (κ2) is 8.24. The molecule has 5 nitrogen and oxygen atoms in total. The lowest BCUT2D eigenvalue weighted by molar-refractivity contribution is -0.159. The Bertz CT molecular complexity index is 922. The van der Waals surface area contributed by atoms with Gasteiger partial charge in [-0.1, -0.05) is 47.6 Å². The molecule has 0 N–H and O–H groups in total. The van der Waals surface area contributed by atoms with E-state index in [0.717, 1.165) is 12.0 Å². The number of rotatable bonds is 6. The highest BCUT2D eigenvalue weighted by atomic mass is 19.4. The van der Waals surface area contributed by atoms with Gasteiger partial charge in [-0.15, -0.1) is 0 Å². The number of benzene rings is 2. The summed E-state index contributed by atoms with van der Waals surface area (Å²) in [6, 6.07) is 16.0. The fraction of sp³-hybridized carbons (Fsp3) is 0.250. The summed E-state index contributed by atoms with van der Waals surface area (Å²) in [5, 5.41) is 3.34. The third kappa shape index (κ3) is 4.57. The first-order valence-electron chi connectivity index (χ1n) is 8.73. The van der Waals surface area contributed by atoms with E-state index in [2.05, 4.69) is 14.7 Å². The van der Waals surface area contributed by atoms with Crippen molar-refractivity contribution in [3.05, 3.63) is 71.6 Å². The smallest absolute Gasteiger partial charge is 0.339 e. The van der Waals surface area contributed by atoms with Crippen LogP contribution < -0.4 is 0 Å². The monoisotopic (exact) mass is 389 g/mol. The molecule has 146 valence electrons. The first kappa shape index (κ1) is 19.6. The van der Waals surface area contributed by atoms with E-state index in [1.807, 2.05) is 37.3 Å². The molecule has 28 heavy (non-hydrogen) atoms. The number of hydrogen-bond donors (Lipinski definition) is 0.